The van der Waals surface area contributed by atoms with Gasteiger partial charge in [-0.05, 0) is 48.2 Å². The summed E-state index contributed by atoms with van der Waals surface area (Å²) in [7, 11) is 0. The standard InChI is InChI=1S/C33H32N4O4/c1-33-16-25-24-9-5-6-10-26(24)34-30(25)31(22-11-12-27-28(15-22)41-20-40-27)37(33)29(38)19-36(32(33)39)23-13-14-35(18-23)17-21-7-3-2-4-8-21/h2-12,15,23,31,34H,13-14,16-20H2,1H3/t23-,31-,33-/m1/s1. The van der Waals surface area contributed by atoms with Gasteiger partial charge in [0, 0.05) is 48.7 Å². The first-order valence-corrected chi connectivity index (χ1v) is 14.4. The molecule has 0 saturated carbocycles. The number of carbonyl (C=O) groups is 2. The lowest BCUT2D eigenvalue weighted by molar-refractivity contribution is -0.169. The van der Waals surface area contributed by atoms with Gasteiger partial charge >= 0.3 is 0 Å². The highest BCUT2D eigenvalue weighted by molar-refractivity contribution is 6.00. The third-order valence-corrected chi connectivity index (χ3v) is 9.38. The summed E-state index contributed by atoms with van der Waals surface area (Å²) in [6.07, 6.45) is 1.33. The second kappa shape index (κ2) is 9.11. The highest BCUT2D eigenvalue weighted by Crippen LogP contribution is 2.48. The van der Waals surface area contributed by atoms with Crippen molar-refractivity contribution >= 4 is 22.7 Å². The third kappa shape index (κ3) is 3.77. The summed E-state index contributed by atoms with van der Waals surface area (Å²) < 4.78 is 11.3. The Bertz CT molecular complexity index is 1680. The van der Waals surface area contributed by atoms with Crippen molar-refractivity contribution in [2.24, 2.45) is 0 Å². The first-order valence-electron chi connectivity index (χ1n) is 14.4. The minimum absolute atomic E-state index is 0.0162. The molecular weight excluding hydrogens is 516 g/mol. The number of piperazine rings is 1. The predicted octanol–water partition coefficient (Wildman–Crippen LogP) is 4.25. The van der Waals surface area contributed by atoms with E-state index >= 15 is 0 Å². The average Bonchev–Trinajstić information content (AvgIpc) is 3.73. The number of hydrogen-bond donors (Lipinski definition) is 1. The van der Waals surface area contributed by atoms with Gasteiger partial charge in [-0.3, -0.25) is 14.5 Å². The molecule has 0 radical (unpaired) electrons. The lowest BCUT2D eigenvalue weighted by Crippen LogP contribution is -2.71. The van der Waals surface area contributed by atoms with Crippen LogP contribution >= 0.6 is 0 Å². The molecule has 1 N–H and O–H groups in total. The number of nitrogens with one attached hydrogen (secondary N) is 1. The van der Waals surface area contributed by atoms with Crippen LogP contribution in [0, 0.1) is 0 Å². The van der Waals surface area contributed by atoms with Gasteiger partial charge in [0.05, 0.1) is 6.04 Å². The van der Waals surface area contributed by atoms with Crippen molar-refractivity contribution in [1.82, 2.24) is 19.7 Å². The highest BCUT2D eigenvalue weighted by Gasteiger charge is 2.57. The summed E-state index contributed by atoms with van der Waals surface area (Å²) >= 11 is 0. The monoisotopic (exact) mass is 548 g/mol. The van der Waals surface area contributed by atoms with E-state index in [0.29, 0.717) is 17.9 Å². The number of carbonyl (C=O) groups excluding carboxylic acids is 2. The van der Waals surface area contributed by atoms with E-state index in [1.807, 2.05) is 53.1 Å². The van der Waals surface area contributed by atoms with E-state index in [1.165, 1.54) is 5.56 Å². The number of amides is 2. The summed E-state index contributed by atoms with van der Waals surface area (Å²) in [5, 5.41) is 1.10. The fraction of sp³-hybridized carbons (Fsp3) is 0.333. The number of para-hydroxylation sites is 1. The lowest BCUT2D eigenvalue weighted by atomic mass is 9.77. The van der Waals surface area contributed by atoms with Gasteiger partial charge in [-0.1, -0.05) is 54.6 Å². The normalized spacial score (nSPS) is 25.6. The van der Waals surface area contributed by atoms with Crippen LogP contribution in [0.15, 0.2) is 72.8 Å². The number of aromatic amines is 1. The predicted molar refractivity (Wildman–Crippen MR) is 153 cm³/mol. The molecule has 3 aromatic carbocycles. The van der Waals surface area contributed by atoms with Gasteiger partial charge in [-0.25, -0.2) is 0 Å². The van der Waals surface area contributed by atoms with Crippen LogP contribution in [0.1, 0.15) is 41.8 Å². The van der Waals surface area contributed by atoms with Crippen LogP contribution in [0.3, 0.4) is 0 Å². The first-order chi connectivity index (χ1) is 20.0. The zero-order chi connectivity index (χ0) is 27.7. The zero-order valence-corrected chi connectivity index (χ0v) is 23.0. The maximum Gasteiger partial charge on any atom is 0.249 e. The van der Waals surface area contributed by atoms with E-state index in [4.69, 9.17) is 9.47 Å². The molecule has 0 spiro atoms. The lowest BCUT2D eigenvalue weighted by Gasteiger charge is -2.54. The summed E-state index contributed by atoms with van der Waals surface area (Å²) in [5.41, 5.74) is 4.22. The van der Waals surface area contributed by atoms with Crippen LogP contribution in [0.5, 0.6) is 11.5 Å². The topological polar surface area (TPSA) is 78.1 Å². The van der Waals surface area contributed by atoms with Crippen LogP contribution in [0.25, 0.3) is 10.9 Å². The molecule has 0 aliphatic carbocycles. The van der Waals surface area contributed by atoms with E-state index in [1.54, 1.807) is 0 Å². The van der Waals surface area contributed by atoms with Gasteiger partial charge in [-0.15, -0.1) is 0 Å². The molecule has 2 saturated heterocycles. The Morgan fingerprint density at radius 1 is 0.976 bits per heavy atom. The molecule has 1 aromatic heterocycles. The van der Waals surface area contributed by atoms with Crippen molar-refractivity contribution in [2.75, 3.05) is 26.4 Å². The van der Waals surface area contributed by atoms with Gasteiger partial charge in [0.1, 0.15) is 12.1 Å². The van der Waals surface area contributed by atoms with E-state index in [0.717, 1.165) is 53.8 Å². The van der Waals surface area contributed by atoms with Crippen LogP contribution in [-0.2, 0) is 22.6 Å². The number of rotatable bonds is 4. The molecular formula is C33H32N4O4. The van der Waals surface area contributed by atoms with Crippen molar-refractivity contribution in [2.45, 2.75) is 43.9 Å². The molecule has 0 bridgehead atoms. The van der Waals surface area contributed by atoms with Crippen LogP contribution in [0.2, 0.25) is 0 Å². The van der Waals surface area contributed by atoms with Crippen molar-refractivity contribution < 1.29 is 19.1 Å². The summed E-state index contributed by atoms with van der Waals surface area (Å²) in [6.45, 7) is 4.76. The van der Waals surface area contributed by atoms with E-state index in [2.05, 4.69) is 46.3 Å². The van der Waals surface area contributed by atoms with Crippen LogP contribution < -0.4 is 9.47 Å². The Morgan fingerprint density at radius 2 is 1.78 bits per heavy atom. The molecule has 5 heterocycles. The number of ether oxygens (including phenoxy) is 2. The Balaban J connectivity index is 1.17. The van der Waals surface area contributed by atoms with Crippen molar-refractivity contribution in [1.29, 1.82) is 0 Å². The first kappa shape index (κ1) is 24.5. The largest absolute Gasteiger partial charge is 0.454 e. The molecule has 8 nitrogen and oxygen atoms in total. The van der Waals surface area contributed by atoms with Gasteiger partial charge in [0.25, 0.3) is 0 Å². The molecule has 4 aliphatic heterocycles. The van der Waals surface area contributed by atoms with E-state index in [9.17, 15) is 9.59 Å². The Labute approximate surface area is 238 Å². The third-order valence-electron chi connectivity index (χ3n) is 9.38. The molecule has 0 unspecified atom stereocenters. The molecule has 41 heavy (non-hydrogen) atoms. The minimum Gasteiger partial charge on any atom is -0.454 e. The second-order valence-electron chi connectivity index (χ2n) is 11.9. The van der Waals surface area contributed by atoms with Gasteiger partial charge < -0.3 is 24.3 Å². The smallest absolute Gasteiger partial charge is 0.249 e. The highest BCUT2D eigenvalue weighted by atomic mass is 16.7. The van der Waals surface area contributed by atoms with E-state index < -0.39 is 11.6 Å². The van der Waals surface area contributed by atoms with Crippen molar-refractivity contribution in [3.8, 4) is 11.5 Å². The maximum absolute atomic E-state index is 14.6. The number of benzene rings is 3. The SMILES string of the molecule is C[C@]12Cc3c([nH]c4ccccc34)[C@@H](c3ccc4c(c3)OCO4)N1C(=O)CN([C@@H]1CCN(Cc3ccccc3)C1)C2=O. The second-order valence-corrected chi connectivity index (χ2v) is 11.9. The molecule has 3 atom stereocenters. The van der Waals surface area contributed by atoms with Gasteiger partial charge in [-0.2, -0.15) is 0 Å². The fourth-order valence-electron chi connectivity index (χ4n) is 7.43. The number of hydrogen-bond acceptors (Lipinski definition) is 5. The number of nitrogens with zero attached hydrogens (tertiary/aromatic N) is 3. The Hall–Kier alpha value is -4.30. The maximum atomic E-state index is 14.6. The number of fused-ring (bicyclic) bond motifs is 5. The van der Waals surface area contributed by atoms with Crippen LogP contribution in [-0.4, -0.2) is 69.5 Å². The van der Waals surface area contributed by atoms with Crippen LogP contribution in [0.4, 0.5) is 0 Å². The Morgan fingerprint density at radius 3 is 2.66 bits per heavy atom. The number of likely N-dealkylation sites (tertiary alicyclic amines) is 1. The number of H-pyrrole nitrogens is 1. The molecule has 2 amide bonds. The average molecular weight is 549 g/mol. The summed E-state index contributed by atoms with van der Waals surface area (Å²) in [4.78, 5) is 38.5. The fourth-order valence-corrected chi connectivity index (χ4v) is 7.43. The molecule has 8 heteroatoms. The van der Waals surface area contributed by atoms with Crippen molar-refractivity contribution in [3.63, 3.8) is 0 Å². The summed E-state index contributed by atoms with van der Waals surface area (Å²) in [6, 6.07) is 24.0. The molecule has 4 aliphatic rings. The zero-order valence-electron chi connectivity index (χ0n) is 23.0. The van der Waals surface area contributed by atoms with Gasteiger partial charge in [0.2, 0.25) is 18.6 Å². The number of aromatic nitrogens is 1. The quantitative estimate of drug-likeness (QED) is 0.413. The van der Waals surface area contributed by atoms with Gasteiger partial charge in [0.15, 0.2) is 11.5 Å². The molecule has 8 rings (SSSR count). The minimum atomic E-state index is -1.01. The van der Waals surface area contributed by atoms with Crippen molar-refractivity contribution in [3.05, 3.63) is 95.2 Å². The molecule has 208 valence electrons. The molecule has 4 aromatic rings. The molecule has 2 fully saturated rings. The Kier molecular flexibility index (Phi) is 5.44. The van der Waals surface area contributed by atoms with E-state index in [-0.39, 0.29) is 31.2 Å². The summed E-state index contributed by atoms with van der Waals surface area (Å²) in [5.74, 6) is 1.36.